The number of aromatic nitrogens is 4. The van der Waals surface area contributed by atoms with Crippen LogP contribution in [0.2, 0.25) is 0 Å². The number of anilines is 1. The number of aromatic amines is 1. The van der Waals surface area contributed by atoms with Crippen molar-refractivity contribution in [2.24, 2.45) is 0 Å². The van der Waals surface area contributed by atoms with Crippen LogP contribution >= 0.6 is 0 Å². The molecule has 1 atom stereocenters. The van der Waals surface area contributed by atoms with Crippen LogP contribution in [0.15, 0.2) is 54.9 Å². The van der Waals surface area contributed by atoms with Gasteiger partial charge in [0.2, 0.25) is 0 Å². The fraction of sp³-hybridized carbons (Fsp3) is 0.292. The number of hydrogen-bond donors (Lipinski definition) is 2. The average molecular weight is 431 g/mol. The molecule has 0 bridgehead atoms. The van der Waals surface area contributed by atoms with Gasteiger partial charge < -0.3 is 19.5 Å². The molecule has 0 amide bonds. The maximum Gasteiger partial charge on any atom is 0.168 e. The Morgan fingerprint density at radius 3 is 2.84 bits per heavy atom. The van der Waals surface area contributed by atoms with E-state index in [2.05, 4.69) is 21.2 Å². The number of H-pyrrole nitrogens is 1. The maximum atomic E-state index is 9.91. The third kappa shape index (κ3) is 3.97. The second-order valence-electron chi connectivity index (χ2n) is 7.82. The molecule has 0 aliphatic carbocycles. The molecule has 0 radical (unpaired) electrons. The van der Waals surface area contributed by atoms with Gasteiger partial charge in [-0.1, -0.05) is 12.1 Å². The molecule has 8 nitrogen and oxygen atoms in total. The predicted molar refractivity (Wildman–Crippen MR) is 122 cm³/mol. The number of rotatable bonds is 7. The topological polar surface area (TPSA) is 96.4 Å². The highest BCUT2D eigenvalue weighted by Gasteiger charge is 2.27. The first-order valence-electron chi connectivity index (χ1n) is 10.7. The lowest BCUT2D eigenvalue weighted by Gasteiger charge is -2.26. The maximum absolute atomic E-state index is 9.91. The molecule has 0 spiro atoms. The molecular weight excluding hydrogens is 406 g/mol. The van der Waals surface area contributed by atoms with Crippen LogP contribution in [-0.2, 0) is 6.61 Å². The zero-order valence-corrected chi connectivity index (χ0v) is 17.9. The quantitative estimate of drug-likeness (QED) is 0.462. The second-order valence-corrected chi connectivity index (χ2v) is 7.82. The van der Waals surface area contributed by atoms with Crippen LogP contribution in [0.3, 0.4) is 0 Å². The van der Waals surface area contributed by atoms with E-state index in [9.17, 15) is 5.11 Å². The molecule has 2 N–H and O–H groups in total. The summed E-state index contributed by atoms with van der Waals surface area (Å²) in [4.78, 5) is 11.8. The van der Waals surface area contributed by atoms with Crippen molar-refractivity contribution in [2.75, 3.05) is 25.2 Å². The minimum atomic E-state index is 0.0536. The first-order chi connectivity index (χ1) is 15.7. The van der Waals surface area contributed by atoms with E-state index in [0.29, 0.717) is 11.6 Å². The van der Waals surface area contributed by atoms with Crippen molar-refractivity contribution in [1.29, 1.82) is 0 Å². The minimum Gasteiger partial charge on any atom is -0.497 e. The Labute approximate surface area is 185 Å². The Kier molecular flexibility index (Phi) is 5.60. The van der Waals surface area contributed by atoms with Crippen molar-refractivity contribution in [2.45, 2.75) is 25.5 Å². The summed E-state index contributed by atoms with van der Waals surface area (Å²) >= 11 is 0. The number of ether oxygens (including phenoxy) is 2. The predicted octanol–water partition coefficient (Wildman–Crippen LogP) is 3.57. The van der Waals surface area contributed by atoms with E-state index >= 15 is 0 Å². The van der Waals surface area contributed by atoms with Gasteiger partial charge in [0.15, 0.2) is 5.82 Å². The Balaban J connectivity index is 1.53. The van der Waals surface area contributed by atoms with E-state index in [-0.39, 0.29) is 19.3 Å². The fourth-order valence-electron chi connectivity index (χ4n) is 4.17. The summed E-state index contributed by atoms with van der Waals surface area (Å²) in [6.07, 6.45) is 5.63. The van der Waals surface area contributed by atoms with E-state index in [1.807, 2.05) is 42.6 Å². The van der Waals surface area contributed by atoms with Crippen molar-refractivity contribution in [3.05, 3.63) is 60.7 Å². The molecule has 1 aliphatic heterocycles. The molecule has 0 unspecified atom stereocenters. The number of aliphatic hydroxyl groups excluding tert-OH is 1. The molecule has 3 heterocycles. The molecule has 32 heavy (non-hydrogen) atoms. The van der Waals surface area contributed by atoms with Crippen molar-refractivity contribution in [3.63, 3.8) is 0 Å². The zero-order chi connectivity index (χ0) is 21.9. The number of methoxy groups -OCH3 is 1. The van der Waals surface area contributed by atoms with Crippen LogP contribution in [0.4, 0.5) is 5.82 Å². The molecular formula is C24H25N5O3. The van der Waals surface area contributed by atoms with Crippen LogP contribution in [0.1, 0.15) is 18.7 Å². The fourth-order valence-corrected chi connectivity index (χ4v) is 4.17. The summed E-state index contributed by atoms with van der Waals surface area (Å²) < 4.78 is 11.2. The van der Waals surface area contributed by atoms with Crippen LogP contribution in [0, 0.1) is 0 Å². The number of nitrogens with one attached hydrogen (secondary N) is 1. The number of nitrogens with zero attached hydrogens (tertiary/aromatic N) is 4. The van der Waals surface area contributed by atoms with E-state index in [4.69, 9.17) is 19.4 Å². The summed E-state index contributed by atoms with van der Waals surface area (Å²) in [5.74, 6) is 2.85. The van der Waals surface area contributed by atoms with Gasteiger partial charge in [0.25, 0.3) is 0 Å². The molecule has 1 fully saturated rings. The van der Waals surface area contributed by atoms with Crippen molar-refractivity contribution < 1.29 is 14.6 Å². The minimum absolute atomic E-state index is 0.0536. The molecule has 4 aromatic rings. The first kappa shape index (κ1) is 20.3. The molecule has 0 saturated carbocycles. The van der Waals surface area contributed by atoms with Gasteiger partial charge in [0.1, 0.15) is 23.9 Å². The zero-order valence-electron chi connectivity index (χ0n) is 17.9. The van der Waals surface area contributed by atoms with E-state index < -0.39 is 0 Å². The van der Waals surface area contributed by atoms with Gasteiger partial charge in [-0.15, -0.1) is 0 Å². The van der Waals surface area contributed by atoms with Gasteiger partial charge >= 0.3 is 0 Å². The van der Waals surface area contributed by atoms with Crippen LogP contribution < -0.4 is 14.4 Å². The van der Waals surface area contributed by atoms with Crippen molar-refractivity contribution >= 4 is 16.7 Å². The third-order valence-corrected chi connectivity index (χ3v) is 5.82. The number of hydrogen-bond acceptors (Lipinski definition) is 7. The SMILES string of the molecule is COc1cccc(OCc2nc(N3CCC[C@@H]3CO)c3cc(-c4cn[nH]c4)ccc3n2)c1. The number of fused-ring (bicyclic) bond motifs is 1. The standard InChI is InChI=1S/C24H25N5O3/c1-31-19-5-2-6-20(11-19)32-15-23-27-22-8-7-16(17-12-25-26-13-17)10-21(22)24(28-23)29-9-3-4-18(29)14-30/h2,5-8,10-13,18,30H,3-4,9,14-15H2,1H3,(H,25,26)/t18-/m1/s1. The van der Waals surface area contributed by atoms with Gasteiger partial charge in [-0.25, -0.2) is 9.97 Å². The van der Waals surface area contributed by atoms with E-state index in [1.165, 1.54) is 0 Å². The molecule has 2 aromatic carbocycles. The largest absolute Gasteiger partial charge is 0.497 e. The van der Waals surface area contributed by atoms with Gasteiger partial charge in [-0.05, 0) is 42.7 Å². The molecule has 1 saturated heterocycles. The van der Waals surface area contributed by atoms with Crippen molar-refractivity contribution in [1.82, 2.24) is 20.2 Å². The van der Waals surface area contributed by atoms with Crippen LogP contribution in [-0.4, -0.2) is 51.6 Å². The molecule has 8 heteroatoms. The van der Waals surface area contributed by atoms with Gasteiger partial charge in [-0.3, -0.25) is 5.10 Å². The highest BCUT2D eigenvalue weighted by atomic mass is 16.5. The lowest BCUT2D eigenvalue weighted by Crippen LogP contribution is -2.33. The summed E-state index contributed by atoms with van der Waals surface area (Å²) in [5.41, 5.74) is 2.88. The Morgan fingerprint density at radius 1 is 1.12 bits per heavy atom. The molecule has 164 valence electrons. The lowest BCUT2D eigenvalue weighted by atomic mass is 10.1. The smallest absolute Gasteiger partial charge is 0.168 e. The van der Waals surface area contributed by atoms with Crippen LogP contribution in [0.5, 0.6) is 11.5 Å². The van der Waals surface area contributed by atoms with E-state index in [1.54, 1.807) is 13.3 Å². The molecule has 5 rings (SSSR count). The summed E-state index contributed by atoms with van der Waals surface area (Å²) in [7, 11) is 1.63. The average Bonchev–Trinajstić information content (AvgIpc) is 3.54. The third-order valence-electron chi connectivity index (χ3n) is 5.82. The number of aliphatic hydroxyl groups is 1. The summed E-state index contributed by atoms with van der Waals surface area (Å²) in [6.45, 7) is 1.18. The number of benzene rings is 2. The summed E-state index contributed by atoms with van der Waals surface area (Å²) in [5, 5.41) is 17.8. The highest BCUT2D eigenvalue weighted by molar-refractivity contribution is 5.93. The first-order valence-corrected chi connectivity index (χ1v) is 10.7. The second kappa shape index (κ2) is 8.84. The molecule has 1 aliphatic rings. The van der Waals surface area contributed by atoms with Gasteiger partial charge in [-0.2, -0.15) is 5.10 Å². The Bertz CT molecular complexity index is 1210. The normalized spacial score (nSPS) is 15.9. The van der Waals surface area contributed by atoms with Gasteiger partial charge in [0.05, 0.1) is 31.5 Å². The lowest BCUT2D eigenvalue weighted by molar-refractivity contribution is 0.266. The van der Waals surface area contributed by atoms with Crippen molar-refractivity contribution in [3.8, 4) is 22.6 Å². The summed E-state index contributed by atoms with van der Waals surface area (Å²) in [6, 6.07) is 13.6. The van der Waals surface area contributed by atoms with Crippen LogP contribution in [0.25, 0.3) is 22.0 Å². The Hall–Kier alpha value is -3.65. The highest BCUT2D eigenvalue weighted by Crippen LogP contribution is 2.33. The monoisotopic (exact) mass is 431 g/mol. The van der Waals surface area contributed by atoms with E-state index in [0.717, 1.165) is 53.0 Å². The molecule has 2 aromatic heterocycles. The van der Waals surface area contributed by atoms with Gasteiger partial charge in [0, 0.05) is 29.8 Å². The Morgan fingerprint density at radius 2 is 2.03 bits per heavy atom.